The Morgan fingerprint density at radius 2 is 1.41 bits per heavy atom. The van der Waals surface area contributed by atoms with E-state index < -0.39 is 0 Å². The normalized spacial score (nSPS) is 11.8. The van der Waals surface area contributed by atoms with Crippen molar-refractivity contribution < 1.29 is 8.98 Å². The molecule has 0 aliphatic heterocycles. The molecule has 3 heteroatoms. The Hall–Kier alpha value is -3.95. The Labute approximate surface area is 201 Å². The van der Waals surface area contributed by atoms with E-state index in [0.717, 1.165) is 27.5 Å². The third-order valence-electron chi connectivity index (χ3n) is 6.93. The number of para-hydroxylation sites is 1. The molecule has 7 aromatic rings. The van der Waals surface area contributed by atoms with E-state index in [2.05, 4.69) is 115 Å². The van der Waals surface area contributed by atoms with Crippen molar-refractivity contribution in [3.8, 4) is 21.7 Å². The highest BCUT2D eigenvalue weighted by Crippen LogP contribution is 2.43. The smallest absolute Gasteiger partial charge is 0.272 e. The summed E-state index contributed by atoms with van der Waals surface area (Å²) >= 11 is 1.75. The van der Waals surface area contributed by atoms with Crippen molar-refractivity contribution >= 4 is 54.8 Å². The van der Waals surface area contributed by atoms with Crippen LogP contribution >= 0.6 is 11.3 Å². The third-order valence-corrected chi connectivity index (χ3v) is 7.91. The summed E-state index contributed by atoms with van der Waals surface area (Å²) in [4.78, 5) is 0. The molecule has 0 spiro atoms. The zero-order chi connectivity index (χ0) is 22.8. The van der Waals surface area contributed by atoms with Crippen molar-refractivity contribution in [3.63, 3.8) is 0 Å². The summed E-state index contributed by atoms with van der Waals surface area (Å²) in [5.41, 5.74) is 6.66. The first-order valence-electron chi connectivity index (χ1n) is 11.5. The standard InChI is InChI=1S/C31H22NOS/c1-19-14-15-26-24-12-7-13-25(29(24)33-30(26)28(19)31-32(2)16-17-34-31)27-18-20-8-3-4-9-21(20)22-10-5-6-11-23(22)27/h3-18H,1-2H3/q+1. The summed E-state index contributed by atoms with van der Waals surface area (Å²) in [5, 5.41) is 10.7. The minimum Gasteiger partial charge on any atom is -0.454 e. The second-order valence-corrected chi connectivity index (χ2v) is 9.82. The van der Waals surface area contributed by atoms with E-state index in [1.165, 1.54) is 43.2 Å². The predicted octanol–water partition coefficient (Wildman–Crippen LogP) is 8.42. The number of nitrogens with zero attached hydrogens (tertiary/aromatic N) is 1. The molecule has 0 unspecified atom stereocenters. The highest BCUT2D eigenvalue weighted by molar-refractivity contribution is 7.12. The molecule has 0 saturated carbocycles. The highest BCUT2D eigenvalue weighted by atomic mass is 32.1. The number of furan rings is 1. The number of hydrogen-bond acceptors (Lipinski definition) is 2. The van der Waals surface area contributed by atoms with Crippen molar-refractivity contribution in [2.45, 2.75) is 6.92 Å². The summed E-state index contributed by atoms with van der Waals surface area (Å²) in [5.74, 6) is 0. The number of fused-ring (bicyclic) bond motifs is 6. The molecule has 162 valence electrons. The topological polar surface area (TPSA) is 17.0 Å². The third kappa shape index (κ3) is 2.71. The lowest BCUT2D eigenvalue weighted by atomic mass is 9.92. The average molecular weight is 457 g/mol. The molecule has 0 radical (unpaired) electrons. The SMILES string of the molecule is Cc1ccc2c(oc3c(-c4cc5ccccc5c5ccccc45)cccc32)c1-c1scc[n+]1C. The molecule has 0 fully saturated rings. The monoisotopic (exact) mass is 456 g/mol. The fraction of sp³-hybridized carbons (Fsp3) is 0.0645. The number of hydrogen-bond donors (Lipinski definition) is 0. The molecular weight excluding hydrogens is 434 g/mol. The van der Waals surface area contributed by atoms with Crippen LogP contribution in [0.1, 0.15) is 5.56 Å². The summed E-state index contributed by atoms with van der Waals surface area (Å²) in [6.45, 7) is 2.17. The van der Waals surface area contributed by atoms with Gasteiger partial charge < -0.3 is 4.42 Å². The van der Waals surface area contributed by atoms with Crippen LogP contribution in [0.25, 0.3) is 65.2 Å². The molecule has 0 N–H and O–H groups in total. The average Bonchev–Trinajstić information content (AvgIpc) is 3.46. The van der Waals surface area contributed by atoms with Gasteiger partial charge >= 0.3 is 0 Å². The van der Waals surface area contributed by atoms with Gasteiger partial charge in [-0.05, 0) is 45.7 Å². The van der Waals surface area contributed by atoms with Crippen LogP contribution in [0.5, 0.6) is 0 Å². The summed E-state index contributed by atoms with van der Waals surface area (Å²) < 4.78 is 8.96. The zero-order valence-corrected chi connectivity index (χ0v) is 19.8. The summed E-state index contributed by atoms with van der Waals surface area (Å²) in [6.07, 6.45) is 2.10. The fourth-order valence-corrected chi connectivity index (χ4v) is 6.26. The van der Waals surface area contributed by atoms with Crippen LogP contribution in [-0.2, 0) is 7.05 Å². The van der Waals surface area contributed by atoms with Crippen molar-refractivity contribution in [1.29, 1.82) is 0 Å². The van der Waals surface area contributed by atoms with Gasteiger partial charge in [-0.3, -0.25) is 0 Å². The minimum atomic E-state index is 0.948. The van der Waals surface area contributed by atoms with Gasteiger partial charge in [0.2, 0.25) is 0 Å². The molecule has 0 amide bonds. The molecule has 0 saturated heterocycles. The zero-order valence-electron chi connectivity index (χ0n) is 19.0. The van der Waals surface area contributed by atoms with Crippen LogP contribution in [0.15, 0.2) is 101 Å². The van der Waals surface area contributed by atoms with Gasteiger partial charge in [-0.1, -0.05) is 90.2 Å². The molecule has 34 heavy (non-hydrogen) atoms. The van der Waals surface area contributed by atoms with E-state index in [9.17, 15) is 0 Å². The van der Waals surface area contributed by atoms with Gasteiger partial charge in [0.1, 0.15) is 18.2 Å². The maximum atomic E-state index is 6.78. The maximum Gasteiger partial charge on any atom is 0.272 e. The lowest BCUT2D eigenvalue weighted by Crippen LogP contribution is -2.26. The van der Waals surface area contributed by atoms with Gasteiger partial charge in [0.25, 0.3) is 5.01 Å². The fourth-order valence-electron chi connectivity index (χ4n) is 5.29. The molecule has 2 aromatic heterocycles. The van der Waals surface area contributed by atoms with Gasteiger partial charge in [-0.25, -0.2) is 0 Å². The molecular formula is C31H22NOS+. The van der Waals surface area contributed by atoms with Crippen LogP contribution in [-0.4, -0.2) is 0 Å². The number of thiazole rings is 1. The molecule has 0 atom stereocenters. The van der Waals surface area contributed by atoms with Crippen LogP contribution in [0.2, 0.25) is 0 Å². The van der Waals surface area contributed by atoms with Crippen molar-refractivity contribution in [2.75, 3.05) is 0 Å². The molecule has 5 aromatic carbocycles. The summed E-state index contributed by atoms with van der Waals surface area (Å²) in [6, 6.07) is 30.6. The van der Waals surface area contributed by atoms with Crippen molar-refractivity contribution in [3.05, 3.63) is 102 Å². The van der Waals surface area contributed by atoms with Crippen molar-refractivity contribution in [1.82, 2.24) is 0 Å². The first-order valence-corrected chi connectivity index (χ1v) is 12.4. The lowest BCUT2D eigenvalue weighted by molar-refractivity contribution is -0.655. The molecule has 2 heterocycles. The molecule has 7 rings (SSSR count). The van der Waals surface area contributed by atoms with Crippen LogP contribution in [0.4, 0.5) is 0 Å². The maximum absolute atomic E-state index is 6.78. The Morgan fingerprint density at radius 3 is 2.24 bits per heavy atom. The summed E-state index contributed by atoms with van der Waals surface area (Å²) in [7, 11) is 2.10. The first-order chi connectivity index (χ1) is 16.7. The molecule has 0 aliphatic rings. The predicted molar refractivity (Wildman–Crippen MR) is 143 cm³/mol. The Bertz CT molecular complexity index is 1890. The Morgan fingerprint density at radius 1 is 0.676 bits per heavy atom. The Kier molecular flexibility index (Phi) is 4.18. The van der Waals surface area contributed by atoms with Gasteiger partial charge in [0.15, 0.2) is 11.8 Å². The van der Waals surface area contributed by atoms with Crippen LogP contribution in [0.3, 0.4) is 0 Å². The van der Waals surface area contributed by atoms with Gasteiger partial charge in [0, 0.05) is 16.3 Å². The minimum absolute atomic E-state index is 0.948. The largest absolute Gasteiger partial charge is 0.454 e. The molecule has 2 nitrogen and oxygen atoms in total. The van der Waals surface area contributed by atoms with Crippen molar-refractivity contribution in [2.24, 2.45) is 7.05 Å². The van der Waals surface area contributed by atoms with Gasteiger partial charge in [-0.2, -0.15) is 4.57 Å². The second kappa shape index (κ2) is 7.28. The quantitative estimate of drug-likeness (QED) is 0.188. The number of benzene rings is 5. The van der Waals surface area contributed by atoms with Crippen LogP contribution < -0.4 is 4.57 Å². The van der Waals surface area contributed by atoms with E-state index in [0.29, 0.717) is 0 Å². The van der Waals surface area contributed by atoms with E-state index >= 15 is 0 Å². The molecule has 0 aliphatic carbocycles. The van der Waals surface area contributed by atoms with E-state index in [1.54, 1.807) is 11.3 Å². The lowest BCUT2D eigenvalue weighted by Gasteiger charge is -2.11. The second-order valence-electron chi connectivity index (χ2n) is 8.93. The first kappa shape index (κ1) is 19.5. The highest BCUT2D eigenvalue weighted by Gasteiger charge is 2.23. The van der Waals surface area contributed by atoms with E-state index in [-0.39, 0.29) is 0 Å². The molecule has 0 bridgehead atoms. The Balaban J connectivity index is 1.61. The van der Waals surface area contributed by atoms with E-state index in [1.807, 2.05) is 0 Å². The number of aromatic nitrogens is 1. The van der Waals surface area contributed by atoms with E-state index in [4.69, 9.17) is 4.42 Å². The van der Waals surface area contributed by atoms with Crippen LogP contribution in [0, 0.1) is 6.92 Å². The number of rotatable bonds is 2. The number of aryl methyl sites for hydroxylation is 2. The van der Waals surface area contributed by atoms with Gasteiger partial charge in [-0.15, -0.1) is 0 Å². The van der Waals surface area contributed by atoms with Gasteiger partial charge in [0.05, 0.1) is 5.38 Å².